The quantitative estimate of drug-likeness (QED) is 0.528. The molecular formula is C8H7F9. The van der Waals surface area contributed by atoms with Crippen LogP contribution in [0, 0.1) is 0 Å². The molecular weight excluding hydrogens is 267 g/mol. The Morgan fingerprint density at radius 3 is 1.35 bits per heavy atom. The van der Waals surface area contributed by atoms with Gasteiger partial charge in [-0.25, -0.2) is 13.2 Å². The monoisotopic (exact) mass is 274 g/mol. The zero-order valence-corrected chi connectivity index (χ0v) is 8.26. The van der Waals surface area contributed by atoms with E-state index in [0.29, 0.717) is 6.08 Å². The van der Waals surface area contributed by atoms with Crippen molar-refractivity contribution in [2.24, 2.45) is 0 Å². The first-order valence-corrected chi connectivity index (χ1v) is 4.11. The molecule has 17 heavy (non-hydrogen) atoms. The van der Waals surface area contributed by atoms with Gasteiger partial charge in [0, 0.05) is 0 Å². The van der Waals surface area contributed by atoms with Crippen LogP contribution < -0.4 is 0 Å². The van der Waals surface area contributed by atoms with E-state index in [1.165, 1.54) is 0 Å². The molecule has 9 heteroatoms. The molecule has 0 aliphatic heterocycles. The van der Waals surface area contributed by atoms with Crippen molar-refractivity contribution in [3.05, 3.63) is 12.2 Å². The van der Waals surface area contributed by atoms with Gasteiger partial charge in [0.05, 0.1) is 6.42 Å². The maximum atomic E-state index is 12.9. The molecule has 0 atom stereocenters. The van der Waals surface area contributed by atoms with Crippen LogP contribution in [-0.4, -0.2) is 23.9 Å². The fourth-order valence-corrected chi connectivity index (χ4v) is 0.989. The van der Waals surface area contributed by atoms with Crippen molar-refractivity contribution in [2.45, 2.75) is 37.3 Å². The first-order valence-electron chi connectivity index (χ1n) is 4.11. The van der Waals surface area contributed by atoms with E-state index >= 15 is 0 Å². The van der Waals surface area contributed by atoms with Gasteiger partial charge in [-0.05, 0) is 13.0 Å². The molecule has 0 unspecified atom stereocenters. The third kappa shape index (κ3) is 3.53. The molecule has 0 aliphatic rings. The van der Waals surface area contributed by atoms with E-state index in [-0.39, 0.29) is 6.08 Å². The number of rotatable bonds is 3. The van der Waals surface area contributed by atoms with Crippen molar-refractivity contribution in [3.63, 3.8) is 0 Å². The zero-order chi connectivity index (χ0) is 14.1. The van der Waals surface area contributed by atoms with Crippen molar-refractivity contribution < 1.29 is 39.5 Å². The van der Waals surface area contributed by atoms with E-state index in [4.69, 9.17) is 0 Å². The lowest BCUT2D eigenvalue weighted by atomic mass is 9.95. The Morgan fingerprint density at radius 2 is 1.12 bits per heavy atom. The van der Waals surface area contributed by atoms with Crippen LogP contribution in [0.5, 0.6) is 0 Å². The topological polar surface area (TPSA) is 0 Å². The van der Waals surface area contributed by atoms with Crippen LogP contribution in [0.3, 0.4) is 0 Å². The van der Waals surface area contributed by atoms with Gasteiger partial charge in [0.25, 0.3) is 5.92 Å². The third-order valence-electron chi connectivity index (χ3n) is 1.79. The van der Waals surface area contributed by atoms with Crippen LogP contribution in [-0.2, 0) is 0 Å². The Labute approximate surface area is 90.1 Å². The highest BCUT2D eigenvalue weighted by Gasteiger charge is 2.74. The Balaban J connectivity index is 5.41. The number of hydrogen-bond donors (Lipinski definition) is 0. The number of halogens is 9. The van der Waals surface area contributed by atoms with Crippen LogP contribution in [0.1, 0.15) is 13.3 Å². The standard InChI is InChI=1S/C8H7F9/c1-2-3-5(9,10)4-6(11,7(12,13)14)8(15,16)17/h2-3H,4H2,1H3/b3-2+. The summed E-state index contributed by atoms with van der Waals surface area (Å²) in [7, 11) is 0. The van der Waals surface area contributed by atoms with Crippen molar-refractivity contribution in [1.29, 1.82) is 0 Å². The van der Waals surface area contributed by atoms with E-state index in [9.17, 15) is 39.5 Å². The van der Waals surface area contributed by atoms with Crippen molar-refractivity contribution in [1.82, 2.24) is 0 Å². The van der Waals surface area contributed by atoms with E-state index in [2.05, 4.69) is 0 Å². The van der Waals surface area contributed by atoms with Gasteiger partial charge < -0.3 is 0 Å². The van der Waals surface area contributed by atoms with Crippen LogP contribution in [0.2, 0.25) is 0 Å². The average Bonchev–Trinajstić information content (AvgIpc) is 1.97. The van der Waals surface area contributed by atoms with Crippen LogP contribution >= 0.6 is 0 Å². The molecule has 0 saturated carbocycles. The molecule has 0 nitrogen and oxygen atoms in total. The molecule has 102 valence electrons. The lowest BCUT2D eigenvalue weighted by molar-refractivity contribution is -0.352. The van der Waals surface area contributed by atoms with Crippen molar-refractivity contribution in [2.75, 3.05) is 0 Å². The SMILES string of the molecule is C/C=C/C(F)(F)CC(F)(C(F)(F)F)C(F)(F)F. The summed E-state index contributed by atoms with van der Waals surface area (Å²) in [5.41, 5.74) is -5.94. The summed E-state index contributed by atoms with van der Waals surface area (Å²) in [6.07, 6.45) is -15.6. The molecule has 0 saturated heterocycles. The molecule has 0 aromatic carbocycles. The molecule has 0 heterocycles. The summed E-state index contributed by atoms with van der Waals surface area (Å²) in [4.78, 5) is 0. The summed E-state index contributed by atoms with van der Waals surface area (Å²) in [5, 5.41) is 0. The molecule has 0 aromatic heterocycles. The highest BCUT2D eigenvalue weighted by Crippen LogP contribution is 2.51. The van der Waals surface area contributed by atoms with Gasteiger partial charge >= 0.3 is 18.0 Å². The lowest BCUT2D eigenvalue weighted by Crippen LogP contribution is -2.55. The molecule has 0 fully saturated rings. The Morgan fingerprint density at radius 1 is 0.765 bits per heavy atom. The highest BCUT2D eigenvalue weighted by molar-refractivity contribution is 5.04. The van der Waals surface area contributed by atoms with Crippen LogP contribution in [0.15, 0.2) is 12.2 Å². The molecule has 0 spiro atoms. The molecule has 0 aromatic rings. The summed E-state index contributed by atoms with van der Waals surface area (Å²) in [6, 6.07) is 0. The molecule has 0 N–H and O–H groups in total. The van der Waals surface area contributed by atoms with E-state index in [0.717, 1.165) is 6.92 Å². The van der Waals surface area contributed by atoms with Crippen LogP contribution in [0.4, 0.5) is 39.5 Å². The third-order valence-corrected chi connectivity index (χ3v) is 1.79. The Kier molecular flexibility index (Phi) is 4.18. The first kappa shape index (κ1) is 16.1. The molecule has 0 aliphatic carbocycles. The van der Waals surface area contributed by atoms with Crippen LogP contribution in [0.25, 0.3) is 0 Å². The van der Waals surface area contributed by atoms with E-state index < -0.39 is 30.4 Å². The highest BCUT2D eigenvalue weighted by atomic mass is 19.4. The first-order chi connectivity index (χ1) is 7.27. The minimum absolute atomic E-state index is 0.223. The predicted octanol–water partition coefficient (Wildman–Crippen LogP) is 4.42. The number of alkyl halides is 9. The van der Waals surface area contributed by atoms with E-state index in [1.807, 2.05) is 0 Å². The zero-order valence-electron chi connectivity index (χ0n) is 8.26. The summed E-state index contributed by atoms with van der Waals surface area (Å²) >= 11 is 0. The van der Waals surface area contributed by atoms with Gasteiger partial charge in [0.1, 0.15) is 0 Å². The minimum atomic E-state index is -6.46. The van der Waals surface area contributed by atoms with Gasteiger partial charge in [0.2, 0.25) is 0 Å². The Hall–Kier alpha value is -0.890. The number of allylic oxidation sites excluding steroid dienone is 2. The normalized spacial score (nSPS) is 15.6. The number of hydrogen-bond acceptors (Lipinski definition) is 0. The predicted molar refractivity (Wildman–Crippen MR) is 40.3 cm³/mol. The molecule has 0 bridgehead atoms. The van der Waals surface area contributed by atoms with Gasteiger partial charge in [-0.3, -0.25) is 0 Å². The second-order valence-electron chi connectivity index (χ2n) is 3.23. The Bertz CT molecular complexity index is 268. The molecule has 0 amide bonds. The van der Waals surface area contributed by atoms with Crippen molar-refractivity contribution >= 4 is 0 Å². The maximum Gasteiger partial charge on any atom is 0.431 e. The van der Waals surface area contributed by atoms with Gasteiger partial charge in [0.15, 0.2) is 0 Å². The van der Waals surface area contributed by atoms with Gasteiger partial charge in [-0.15, -0.1) is 0 Å². The molecule has 0 rings (SSSR count). The molecule has 0 radical (unpaired) electrons. The summed E-state index contributed by atoms with van der Waals surface area (Å²) < 4.78 is 110. The fraction of sp³-hybridized carbons (Fsp3) is 0.750. The van der Waals surface area contributed by atoms with Gasteiger partial charge in [-0.2, -0.15) is 26.3 Å². The van der Waals surface area contributed by atoms with E-state index in [1.54, 1.807) is 0 Å². The smallest absolute Gasteiger partial charge is 0.223 e. The summed E-state index contributed by atoms with van der Waals surface area (Å²) in [5.74, 6) is -4.55. The van der Waals surface area contributed by atoms with Crippen molar-refractivity contribution in [3.8, 4) is 0 Å². The lowest BCUT2D eigenvalue weighted by Gasteiger charge is -2.31. The maximum absolute atomic E-state index is 12.9. The average molecular weight is 274 g/mol. The second-order valence-corrected chi connectivity index (χ2v) is 3.23. The second kappa shape index (κ2) is 4.41. The largest absolute Gasteiger partial charge is 0.431 e. The summed E-state index contributed by atoms with van der Waals surface area (Å²) in [6.45, 7) is 0.953. The fourth-order valence-electron chi connectivity index (χ4n) is 0.989. The van der Waals surface area contributed by atoms with Gasteiger partial charge in [-0.1, -0.05) is 6.08 Å². The minimum Gasteiger partial charge on any atom is -0.223 e.